The quantitative estimate of drug-likeness (QED) is 0.232. The van der Waals surface area contributed by atoms with Crippen molar-refractivity contribution < 1.29 is 63.2 Å². The van der Waals surface area contributed by atoms with Gasteiger partial charge in [0, 0.05) is 72.6 Å². The van der Waals surface area contributed by atoms with E-state index >= 15 is 0 Å². The number of hydrogen-bond donors (Lipinski definition) is 3. The number of ether oxygens (including phenoxy) is 1. The van der Waals surface area contributed by atoms with Gasteiger partial charge < -0.3 is 21.1 Å². The number of Topliss-reactive ketones (excluding diaryl/α,β-unsaturated/α-hetero) is 1. The third-order valence-corrected chi connectivity index (χ3v) is 5.96. The number of nitrogen functional groups attached to an aromatic ring is 1. The average Bonchev–Trinajstić information content (AvgIpc) is 2.80. The minimum absolute atomic E-state index is 0. The Kier molecular flexibility index (Phi) is 14.7. The van der Waals surface area contributed by atoms with Crippen molar-refractivity contribution in [3.63, 3.8) is 0 Å². The zero-order chi connectivity index (χ0) is 24.3. The summed E-state index contributed by atoms with van der Waals surface area (Å²) in [5, 5.41) is 7.06. The third kappa shape index (κ3) is 9.32. The maximum absolute atomic E-state index is 12.2. The van der Waals surface area contributed by atoms with Crippen LogP contribution >= 0.6 is 11.6 Å². The molecule has 4 N–H and O–H groups in total. The van der Waals surface area contributed by atoms with Crippen LogP contribution in [-0.2, 0) is 15.1 Å². The van der Waals surface area contributed by atoms with Gasteiger partial charge in [0.15, 0.2) is 5.78 Å². The molecule has 0 aliphatic heterocycles. The van der Waals surface area contributed by atoms with E-state index in [1.54, 1.807) is 24.3 Å². The Morgan fingerprint density at radius 3 is 2.53 bits per heavy atom. The maximum Gasteiger partial charge on any atom is 0.338 e. The molecule has 0 heterocycles. The van der Waals surface area contributed by atoms with Crippen LogP contribution in [0.1, 0.15) is 55.5 Å². The Morgan fingerprint density at radius 2 is 1.91 bits per heavy atom. The summed E-state index contributed by atoms with van der Waals surface area (Å²) in [6, 6.07) is 14.4. The molecule has 1 saturated carbocycles. The Balaban J connectivity index is 0.000000331. The molecule has 1 fully saturated rings. The molecule has 8 heteroatoms. The third-order valence-electron chi connectivity index (χ3n) is 5.63. The number of nitrogens with one attached hydrogen (secondary N) is 2. The number of ketones is 1. The Labute approximate surface area is 248 Å². The number of nitrogens with two attached hydrogens (primary N) is 1. The van der Waals surface area contributed by atoms with E-state index in [1.807, 2.05) is 31.3 Å². The van der Waals surface area contributed by atoms with E-state index in [0.717, 1.165) is 31.4 Å². The first kappa shape index (κ1) is 31.2. The van der Waals surface area contributed by atoms with Gasteiger partial charge in [-0.2, -0.15) is 0 Å². The van der Waals surface area contributed by atoms with Crippen molar-refractivity contribution in [3.8, 4) is 0 Å². The van der Waals surface area contributed by atoms with Crippen molar-refractivity contribution >= 4 is 29.0 Å². The second kappa shape index (κ2) is 16.0. The van der Waals surface area contributed by atoms with Crippen molar-refractivity contribution in [2.75, 3.05) is 32.5 Å². The zero-order valence-corrected chi connectivity index (χ0v) is 23.0. The van der Waals surface area contributed by atoms with Gasteiger partial charge in [0.1, 0.15) is 12.1 Å². The SMILES string of the molecule is CC(C)CNCCOC(=O)c1cccc(N)c1.CN[C@]1(c2ccccc2Cl)CCCCC1=O.[Xe]. The molecule has 0 amide bonds. The molecule has 3 rings (SSSR count). The van der Waals surface area contributed by atoms with Gasteiger partial charge in [-0.1, -0.05) is 56.1 Å². The number of rotatable bonds is 8. The molecule has 1 atom stereocenters. The van der Waals surface area contributed by atoms with E-state index in [1.165, 1.54) is 0 Å². The van der Waals surface area contributed by atoms with Crippen LogP contribution in [-0.4, -0.2) is 38.5 Å². The molecule has 0 radical (unpaired) electrons. The standard InChI is InChI=1S/C13H16ClNO.C13H20N2O2.Xe/c1-15-13(9-5-4-8-12(13)16)10-6-2-3-7-11(10)14;1-10(2)9-15-6-7-17-13(16)11-4-3-5-12(14)8-11;/h2-3,6-7,15H,4-5,8-9H2,1H3;3-5,8,10,15H,6-7,9,14H2,1-2H3;/t13-;;/m0../s1. The van der Waals surface area contributed by atoms with Gasteiger partial charge >= 0.3 is 5.97 Å². The van der Waals surface area contributed by atoms with E-state index in [-0.39, 0.29) is 60.6 Å². The van der Waals surface area contributed by atoms with Gasteiger partial charge in [0.05, 0.1) is 5.56 Å². The van der Waals surface area contributed by atoms with Crippen LogP contribution in [0.5, 0.6) is 0 Å². The number of carbonyl (C=O) groups excluding carboxylic acids is 2. The summed E-state index contributed by atoms with van der Waals surface area (Å²) >= 11 is 6.20. The van der Waals surface area contributed by atoms with E-state index in [9.17, 15) is 9.59 Å². The van der Waals surface area contributed by atoms with Gasteiger partial charge in [-0.15, -0.1) is 0 Å². The first-order valence-corrected chi connectivity index (χ1v) is 11.9. The Hall–Kier alpha value is -0.839. The molecule has 188 valence electrons. The molecule has 6 nitrogen and oxygen atoms in total. The molecular weight excluding hydrogens is 569 g/mol. The van der Waals surface area contributed by atoms with E-state index in [2.05, 4.69) is 24.5 Å². The topological polar surface area (TPSA) is 93.4 Å². The predicted molar refractivity (Wildman–Crippen MR) is 135 cm³/mol. The second-order valence-electron chi connectivity index (χ2n) is 8.62. The summed E-state index contributed by atoms with van der Waals surface area (Å²) in [5.41, 5.74) is 7.01. The molecule has 0 spiro atoms. The molecule has 1 aliphatic rings. The summed E-state index contributed by atoms with van der Waals surface area (Å²) < 4.78 is 5.11. The summed E-state index contributed by atoms with van der Waals surface area (Å²) in [7, 11) is 1.84. The van der Waals surface area contributed by atoms with Crippen LogP contribution < -0.4 is 16.4 Å². The summed E-state index contributed by atoms with van der Waals surface area (Å²) in [4.78, 5) is 23.8. The number of likely N-dealkylation sites (N-methyl/N-ethyl adjacent to an activating group) is 1. The van der Waals surface area contributed by atoms with Crippen LogP contribution in [0.2, 0.25) is 5.02 Å². The number of anilines is 1. The van der Waals surface area contributed by atoms with Crippen molar-refractivity contribution in [3.05, 3.63) is 64.7 Å². The fourth-order valence-electron chi connectivity index (χ4n) is 3.88. The fraction of sp³-hybridized carbons (Fsp3) is 0.462. The van der Waals surface area contributed by atoms with E-state index in [0.29, 0.717) is 41.8 Å². The van der Waals surface area contributed by atoms with Gasteiger partial charge in [-0.05, 0) is 62.2 Å². The maximum atomic E-state index is 12.2. The minimum Gasteiger partial charge on any atom is -0.461 e. The summed E-state index contributed by atoms with van der Waals surface area (Å²) in [6.07, 6.45) is 3.54. The number of benzene rings is 2. The summed E-state index contributed by atoms with van der Waals surface area (Å²) in [5.74, 6) is 0.526. The average molecular weight is 605 g/mol. The molecule has 0 aromatic heterocycles. The predicted octanol–water partition coefficient (Wildman–Crippen LogP) is 4.57. The van der Waals surface area contributed by atoms with Gasteiger partial charge in [0.2, 0.25) is 0 Å². The fourth-order valence-corrected chi connectivity index (χ4v) is 4.17. The van der Waals surface area contributed by atoms with Gasteiger partial charge in [-0.25, -0.2) is 4.79 Å². The van der Waals surface area contributed by atoms with Crippen molar-refractivity contribution in [1.29, 1.82) is 0 Å². The summed E-state index contributed by atoms with van der Waals surface area (Å²) in [6.45, 7) is 6.24. The molecule has 1 aliphatic carbocycles. The zero-order valence-electron chi connectivity index (χ0n) is 20.2. The molecule has 2 aromatic carbocycles. The Morgan fingerprint density at radius 1 is 1.18 bits per heavy atom. The second-order valence-corrected chi connectivity index (χ2v) is 9.03. The number of esters is 1. The molecule has 0 unspecified atom stereocenters. The monoisotopic (exact) mass is 605 g/mol. The molecule has 34 heavy (non-hydrogen) atoms. The van der Waals surface area contributed by atoms with E-state index in [4.69, 9.17) is 22.1 Å². The van der Waals surface area contributed by atoms with Crippen LogP contribution in [0.15, 0.2) is 48.5 Å². The molecule has 0 bridgehead atoms. The first-order valence-electron chi connectivity index (χ1n) is 11.5. The van der Waals surface area contributed by atoms with Crippen LogP contribution in [0, 0.1) is 54.8 Å². The number of halogens is 1. The van der Waals surface area contributed by atoms with Gasteiger partial charge in [-0.3, -0.25) is 4.79 Å². The smallest absolute Gasteiger partial charge is 0.338 e. The largest absolute Gasteiger partial charge is 0.461 e. The van der Waals surface area contributed by atoms with Crippen LogP contribution in [0.3, 0.4) is 0 Å². The molecular formula is C26H36ClN3O3Xe. The Bertz CT molecular complexity index is 926. The molecule has 0 saturated heterocycles. The van der Waals surface area contributed by atoms with E-state index < -0.39 is 5.54 Å². The first-order chi connectivity index (χ1) is 15.8. The molecule has 2 aromatic rings. The minimum atomic E-state index is -0.559. The van der Waals surface area contributed by atoms with Crippen molar-refractivity contribution in [1.82, 2.24) is 10.6 Å². The van der Waals surface area contributed by atoms with Crippen LogP contribution in [0.25, 0.3) is 0 Å². The normalized spacial score (nSPS) is 17.4. The van der Waals surface area contributed by atoms with Crippen molar-refractivity contribution in [2.24, 2.45) is 5.92 Å². The number of carbonyl (C=O) groups is 2. The van der Waals surface area contributed by atoms with Gasteiger partial charge in [0.25, 0.3) is 0 Å². The number of hydrogen-bond acceptors (Lipinski definition) is 6. The van der Waals surface area contributed by atoms with Crippen LogP contribution in [0.4, 0.5) is 5.69 Å². The van der Waals surface area contributed by atoms with Crippen molar-refractivity contribution in [2.45, 2.75) is 45.1 Å².